The molecule has 0 aromatic carbocycles. The second kappa shape index (κ2) is 12.0. The first-order valence-electron chi connectivity index (χ1n) is 7.25. The first-order valence-corrected chi connectivity index (χ1v) is 7.25. The molecule has 0 spiro atoms. The lowest BCUT2D eigenvalue weighted by Crippen LogP contribution is -2.33. The van der Waals surface area contributed by atoms with Crippen molar-refractivity contribution in [3.05, 3.63) is 10.4 Å². The first-order chi connectivity index (χ1) is 9.52. The van der Waals surface area contributed by atoms with Crippen molar-refractivity contribution in [2.24, 2.45) is 17.0 Å². The number of nitrogens with zero attached hydrogens (tertiary/aromatic N) is 3. The van der Waals surface area contributed by atoms with E-state index in [1.807, 2.05) is 0 Å². The zero-order valence-electron chi connectivity index (χ0n) is 13.4. The van der Waals surface area contributed by atoms with Crippen LogP contribution in [0.1, 0.15) is 34.1 Å². The van der Waals surface area contributed by atoms with Gasteiger partial charge in [0, 0.05) is 31.1 Å². The third-order valence-electron chi connectivity index (χ3n) is 3.22. The molecule has 0 rings (SSSR count). The van der Waals surface area contributed by atoms with Crippen molar-refractivity contribution >= 4 is 0 Å². The third kappa shape index (κ3) is 9.15. The lowest BCUT2D eigenvalue weighted by Gasteiger charge is -2.29. The zero-order chi connectivity index (χ0) is 15.4. The van der Waals surface area contributed by atoms with Crippen LogP contribution < -0.4 is 0 Å². The molecule has 0 radical (unpaired) electrons. The molecule has 0 saturated carbocycles. The second-order valence-corrected chi connectivity index (χ2v) is 5.44. The SMILES string of the molecule is COCCOC(CCN=[N+]=[N-])C(C)C(C)OCC(C)C. The minimum absolute atomic E-state index is 0.0119. The quantitative estimate of drug-likeness (QED) is 0.239. The van der Waals surface area contributed by atoms with Crippen LogP contribution in [0.3, 0.4) is 0 Å². The fourth-order valence-corrected chi connectivity index (χ4v) is 1.81. The van der Waals surface area contributed by atoms with Crippen LogP contribution in [0.2, 0.25) is 0 Å². The molecule has 0 amide bonds. The molecule has 3 atom stereocenters. The van der Waals surface area contributed by atoms with Gasteiger partial charge >= 0.3 is 0 Å². The van der Waals surface area contributed by atoms with Crippen molar-refractivity contribution in [3.63, 3.8) is 0 Å². The highest BCUT2D eigenvalue weighted by molar-refractivity contribution is 4.74. The molecule has 118 valence electrons. The Morgan fingerprint density at radius 2 is 1.80 bits per heavy atom. The van der Waals surface area contributed by atoms with Gasteiger partial charge in [-0.1, -0.05) is 25.9 Å². The molecule has 0 fully saturated rings. The molecule has 0 aromatic heterocycles. The molecule has 0 aliphatic rings. The molecule has 0 bridgehead atoms. The number of methoxy groups -OCH3 is 1. The highest BCUT2D eigenvalue weighted by Crippen LogP contribution is 2.19. The van der Waals surface area contributed by atoms with Gasteiger partial charge in [-0.25, -0.2) is 0 Å². The van der Waals surface area contributed by atoms with E-state index in [2.05, 4.69) is 37.7 Å². The molecule has 0 N–H and O–H groups in total. The smallest absolute Gasteiger partial charge is 0.0704 e. The summed E-state index contributed by atoms with van der Waals surface area (Å²) in [6.07, 6.45) is 0.818. The van der Waals surface area contributed by atoms with Crippen molar-refractivity contribution in [2.45, 2.75) is 46.3 Å². The van der Waals surface area contributed by atoms with E-state index in [9.17, 15) is 0 Å². The Hall–Kier alpha value is -0.810. The number of ether oxygens (including phenoxy) is 3. The molecule has 0 aliphatic heterocycles. The van der Waals surface area contributed by atoms with Crippen molar-refractivity contribution in [3.8, 4) is 0 Å². The number of hydrogen-bond acceptors (Lipinski definition) is 4. The molecular formula is C14H29N3O3. The predicted molar refractivity (Wildman–Crippen MR) is 79.7 cm³/mol. The molecule has 6 heteroatoms. The number of rotatable bonds is 12. The number of hydrogen-bond donors (Lipinski definition) is 0. The fraction of sp³-hybridized carbons (Fsp3) is 1.00. The van der Waals surface area contributed by atoms with Crippen LogP contribution in [0, 0.1) is 11.8 Å². The van der Waals surface area contributed by atoms with E-state index in [1.165, 1.54) is 0 Å². The van der Waals surface area contributed by atoms with E-state index in [0.29, 0.717) is 32.1 Å². The normalized spacial score (nSPS) is 15.7. The van der Waals surface area contributed by atoms with Crippen LogP contribution in [-0.2, 0) is 14.2 Å². The maximum absolute atomic E-state index is 8.36. The van der Waals surface area contributed by atoms with Gasteiger partial charge in [0.1, 0.15) is 0 Å². The van der Waals surface area contributed by atoms with Gasteiger partial charge in [-0.2, -0.15) is 0 Å². The summed E-state index contributed by atoms with van der Waals surface area (Å²) in [4.78, 5) is 2.78. The first kappa shape index (κ1) is 19.2. The van der Waals surface area contributed by atoms with Crippen LogP contribution in [0.15, 0.2) is 5.11 Å². The Labute approximate surface area is 122 Å². The molecular weight excluding hydrogens is 258 g/mol. The lowest BCUT2D eigenvalue weighted by molar-refractivity contribution is -0.0678. The largest absolute Gasteiger partial charge is 0.382 e. The predicted octanol–water partition coefficient (Wildman–Crippen LogP) is 3.42. The van der Waals surface area contributed by atoms with Crippen molar-refractivity contribution in [2.75, 3.05) is 33.5 Å². The highest BCUT2D eigenvalue weighted by atomic mass is 16.5. The van der Waals surface area contributed by atoms with Crippen molar-refractivity contribution < 1.29 is 14.2 Å². The summed E-state index contributed by atoms with van der Waals surface area (Å²) in [6.45, 7) is 10.7. The van der Waals surface area contributed by atoms with E-state index in [-0.39, 0.29) is 18.1 Å². The maximum atomic E-state index is 8.36. The Bertz CT molecular complexity index is 281. The molecule has 0 aromatic rings. The Morgan fingerprint density at radius 1 is 1.10 bits per heavy atom. The van der Waals surface area contributed by atoms with Gasteiger partial charge in [0.15, 0.2) is 0 Å². The van der Waals surface area contributed by atoms with Crippen LogP contribution >= 0.6 is 0 Å². The Balaban J connectivity index is 4.34. The van der Waals surface area contributed by atoms with Gasteiger partial charge in [-0.3, -0.25) is 0 Å². The van der Waals surface area contributed by atoms with Crippen molar-refractivity contribution in [1.82, 2.24) is 0 Å². The average Bonchev–Trinajstić information content (AvgIpc) is 2.42. The minimum Gasteiger partial charge on any atom is -0.382 e. The van der Waals surface area contributed by atoms with E-state index >= 15 is 0 Å². The van der Waals surface area contributed by atoms with Gasteiger partial charge in [0.05, 0.1) is 25.4 Å². The second-order valence-electron chi connectivity index (χ2n) is 5.44. The summed E-state index contributed by atoms with van der Waals surface area (Å²) >= 11 is 0. The van der Waals surface area contributed by atoms with Gasteiger partial charge in [0.25, 0.3) is 0 Å². The van der Waals surface area contributed by atoms with Gasteiger partial charge in [-0.15, -0.1) is 0 Å². The summed E-state index contributed by atoms with van der Waals surface area (Å²) in [5, 5.41) is 3.58. The van der Waals surface area contributed by atoms with Crippen molar-refractivity contribution in [1.29, 1.82) is 0 Å². The average molecular weight is 287 g/mol. The monoisotopic (exact) mass is 287 g/mol. The van der Waals surface area contributed by atoms with Crippen LogP contribution in [0.25, 0.3) is 10.4 Å². The van der Waals surface area contributed by atoms with E-state index in [1.54, 1.807) is 7.11 Å². The van der Waals surface area contributed by atoms with Gasteiger partial charge in [0.2, 0.25) is 0 Å². The molecule has 0 saturated heterocycles. The summed E-state index contributed by atoms with van der Waals surface area (Å²) in [7, 11) is 1.65. The molecule has 20 heavy (non-hydrogen) atoms. The van der Waals surface area contributed by atoms with Gasteiger partial charge in [-0.05, 0) is 24.8 Å². The summed E-state index contributed by atoms with van der Waals surface area (Å²) in [6, 6.07) is 0. The zero-order valence-corrected chi connectivity index (χ0v) is 13.4. The molecule has 0 heterocycles. The third-order valence-corrected chi connectivity index (χ3v) is 3.22. The lowest BCUT2D eigenvalue weighted by atomic mass is 9.96. The summed E-state index contributed by atoms with van der Waals surface area (Å²) in [5.74, 6) is 0.750. The Morgan fingerprint density at radius 3 is 2.35 bits per heavy atom. The summed E-state index contributed by atoms with van der Waals surface area (Å²) in [5.41, 5.74) is 8.36. The molecule has 3 unspecified atom stereocenters. The highest BCUT2D eigenvalue weighted by Gasteiger charge is 2.24. The topological polar surface area (TPSA) is 76.5 Å². The van der Waals surface area contributed by atoms with Gasteiger partial charge < -0.3 is 14.2 Å². The fourth-order valence-electron chi connectivity index (χ4n) is 1.81. The minimum atomic E-state index is 0.0119. The summed E-state index contributed by atoms with van der Waals surface area (Å²) < 4.78 is 16.7. The Kier molecular flexibility index (Phi) is 11.5. The van der Waals surface area contributed by atoms with E-state index in [0.717, 1.165) is 6.61 Å². The molecule has 6 nitrogen and oxygen atoms in total. The van der Waals surface area contributed by atoms with E-state index < -0.39 is 0 Å². The van der Waals surface area contributed by atoms with Crippen LogP contribution in [0.4, 0.5) is 0 Å². The van der Waals surface area contributed by atoms with Crippen LogP contribution in [-0.4, -0.2) is 45.7 Å². The van der Waals surface area contributed by atoms with Crippen LogP contribution in [0.5, 0.6) is 0 Å². The molecule has 0 aliphatic carbocycles. The standard InChI is InChI=1S/C14H29N3O3/c1-11(2)10-20-13(4)12(3)14(6-7-16-17-15)19-9-8-18-5/h11-14H,6-10H2,1-5H3. The maximum Gasteiger partial charge on any atom is 0.0704 e. The number of azide groups is 1. The van der Waals surface area contributed by atoms with E-state index in [4.69, 9.17) is 19.7 Å².